The second kappa shape index (κ2) is 7.32. The zero-order valence-corrected chi connectivity index (χ0v) is 10.8. The van der Waals surface area contributed by atoms with Gasteiger partial charge in [0.2, 0.25) is 0 Å². The van der Waals surface area contributed by atoms with Crippen LogP contribution < -0.4 is 5.32 Å². The van der Waals surface area contributed by atoms with Crippen LogP contribution in [0.4, 0.5) is 0 Å². The summed E-state index contributed by atoms with van der Waals surface area (Å²) < 4.78 is 0.735. The summed E-state index contributed by atoms with van der Waals surface area (Å²) in [5.74, 6) is 2.94. The summed E-state index contributed by atoms with van der Waals surface area (Å²) in [7, 11) is 0. The van der Waals surface area contributed by atoms with E-state index in [4.69, 9.17) is 6.42 Å². The predicted octanol–water partition coefficient (Wildman–Crippen LogP) is 3.05. The van der Waals surface area contributed by atoms with Crippen LogP contribution in [0.15, 0.2) is 22.7 Å². The van der Waals surface area contributed by atoms with Crippen molar-refractivity contribution in [3.63, 3.8) is 0 Å². The minimum atomic E-state index is 0.318. The van der Waals surface area contributed by atoms with Crippen LogP contribution in [0.2, 0.25) is 0 Å². The van der Waals surface area contributed by atoms with Gasteiger partial charge >= 0.3 is 0 Å². The number of benzene rings is 1. The summed E-state index contributed by atoms with van der Waals surface area (Å²) in [6.45, 7) is 1.61. The minimum Gasteiger partial charge on any atom is -0.506 e. The van der Waals surface area contributed by atoms with Crippen LogP contribution in [-0.2, 0) is 6.54 Å². The van der Waals surface area contributed by atoms with E-state index in [1.165, 1.54) is 0 Å². The summed E-state index contributed by atoms with van der Waals surface area (Å²) in [6.07, 6.45) is 8.12. The molecule has 0 atom stereocenters. The molecule has 1 rings (SSSR count). The van der Waals surface area contributed by atoms with Crippen molar-refractivity contribution in [3.05, 3.63) is 28.2 Å². The molecule has 0 aromatic heterocycles. The van der Waals surface area contributed by atoms with Gasteiger partial charge in [-0.3, -0.25) is 0 Å². The molecule has 0 unspecified atom stereocenters. The molecule has 2 N–H and O–H groups in total. The molecule has 0 radical (unpaired) electrons. The fourth-order valence-electron chi connectivity index (χ4n) is 1.40. The summed E-state index contributed by atoms with van der Waals surface area (Å²) in [5, 5.41) is 13.0. The fraction of sp³-hybridized carbons (Fsp3) is 0.385. The van der Waals surface area contributed by atoms with E-state index in [2.05, 4.69) is 27.2 Å². The average molecular weight is 282 g/mol. The maximum atomic E-state index is 9.72. The van der Waals surface area contributed by atoms with E-state index in [0.717, 1.165) is 35.8 Å². The van der Waals surface area contributed by atoms with E-state index >= 15 is 0 Å². The molecule has 0 bridgehead atoms. The molecule has 0 saturated heterocycles. The third kappa shape index (κ3) is 4.26. The van der Waals surface area contributed by atoms with E-state index < -0.39 is 0 Å². The smallest absolute Gasteiger partial charge is 0.134 e. The Morgan fingerprint density at radius 3 is 2.94 bits per heavy atom. The molecule has 3 heteroatoms. The Bertz CT molecular complexity index is 371. The molecule has 86 valence electrons. The molecular weight excluding hydrogens is 266 g/mol. The highest BCUT2D eigenvalue weighted by atomic mass is 79.9. The van der Waals surface area contributed by atoms with Crippen molar-refractivity contribution in [3.8, 4) is 18.1 Å². The lowest BCUT2D eigenvalue weighted by atomic mass is 10.2. The number of phenols is 1. The van der Waals surface area contributed by atoms with Gasteiger partial charge in [-0.2, -0.15) is 0 Å². The van der Waals surface area contributed by atoms with Crippen LogP contribution in [0.1, 0.15) is 24.8 Å². The number of unbranched alkanes of at least 4 members (excludes halogenated alkanes) is 2. The van der Waals surface area contributed by atoms with Crippen LogP contribution in [0, 0.1) is 12.3 Å². The van der Waals surface area contributed by atoms with Gasteiger partial charge in [0.15, 0.2) is 0 Å². The molecule has 0 heterocycles. The van der Waals surface area contributed by atoms with Gasteiger partial charge < -0.3 is 10.4 Å². The number of para-hydroxylation sites is 1. The van der Waals surface area contributed by atoms with Gasteiger partial charge in [0, 0.05) is 18.5 Å². The van der Waals surface area contributed by atoms with Crippen molar-refractivity contribution in [2.45, 2.75) is 25.8 Å². The van der Waals surface area contributed by atoms with Gasteiger partial charge in [-0.25, -0.2) is 0 Å². The monoisotopic (exact) mass is 281 g/mol. The Kier molecular flexibility index (Phi) is 5.99. The zero-order valence-electron chi connectivity index (χ0n) is 9.17. The SMILES string of the molecule is C#CCCCCNCc1cccc(Br)c1O. The van der Waals surface area contributed by atoms with E-state index in [0.29, 0.717) is 12.3 Å². The van der Waals surface area contributed by atoms with Crippen molar-refractivity contribution >= 4 is 15.9 Å². The molecule has 0 aliphatic carbocycles. The molecule has 0 fully saturated rings. The highest BCUT2D eigenvalue weighted by Crippen LogP contribution is 2.27. The van der Waals surface area contributed by atoms with Crippen LogP contribution in [0.5, 0.6) is 5.75 Å². The highest BCUT2D eigenvalue weighted by molar-refractivity contribution is 9.10. The van der Waals surface area contributed by atoms with Gasteiger partial charge in [-0.15, -0.1) is 12.3 Å². The highest BCUT2D eigenvalue weighted by Gasteiger charge is 2.03. The molecule has 0 amide bonds. The van der Waals surface area contributed by atoms with Crippen molar-refractivity contribution in [1.82, 2.24) is 5.32 Å². The second-order valence-electron chi connectivity index (χ2n) is 3.59. The average Bonchev–Trinajstić information content (AvgIpc) is 2.29. The van der Waals surface area contributed by atoms with E-state index in [1.54, 1.807) is 0 Å². The van der Waals surface area contributed by atoms with Gasteiger partial charge in [0.25, 0.3) is 0 Å². The van der Waals surface area contributed by atoms with Crippen LogP contribution in [0.3, 0.4) is 0 Å². The third-order valence-electron chi connectivity index (χ3n) is 2.31. The van der Waals surface area contributed by atoms with Crippen LogP contribution in [-0.4, -0.2) is 11.7 Å². The van der Waals surface area contributed by atoms with Gasteiger partial charge in [-0.1, -0.05) is 12.1 Å². The quantitative estimate of drug-likeness (QED) is 0.621. The number of aromatic hydroxyl groups is 1. The molecular formula is C13H16BrNO. The Morgan fingerprint density at radius 2 is 2.19 bits per heavy atom. The standard InChI is InChI=1S/C13H16BrNO/c1-2-3-4-5-9-15-10-11-7-6-8-12(14)13(11)16/h1,6-8,15-16H,3-5,9-10H2. The first kappa shape index (κ1) is 13.1. The second-order valence-corrected chi connectivity index (χ2v) is 4.44. The first-order valence-electron chi connectivity index (χ1n) is 5.36. The first-order valence-corrected chi connectivity index (χ1v) is 6.15. The molecule has 16 heavy (non-hydrogen) atoms. The summed E-state index contributed by atoms with van der Waals surface area (Å²) in [4.78, 5) is 0. The molecule has 1 aromatic carbocycles. The molecule has 1 aromatic rings. The Labute approximate surface area is 105 Å². The van der Waals surface area contributed by atoms with E-state index in [-0.39, 0.29) is 0 Å². The number of halogens is 1. The number of hydrogen-bond donors (Lipinski definition) is 2. The predicted molar refractivity (Wildman–Crippen MR) is 70.2 cm³/mol. The lowest BCUT2D eigenvalue weighted by Gasteiger charge is -2.07. The first-order chi connectivity index (χ1) is 7.75. The lowest BCUT2D eigenvalue weighted by molar-refractivity contribution is 0.460. The van der Waals surface area contributed by atoms with Crippen molar-refractivity contribution in [2.75, 3.05) is 6.54 Å². The number of rotatable bonds is 6. The topological polar surface area (TPSA) is 32.3 Å². The van der Waals surface area contributed by atoms with Gasteiger partial charge in [0.1, 0.15) is 5.75 Å². The number of nitrogens with one attached hydrogen (secondary N) is 1. The summed E-state index contributed by atoms with van der Waals surface area (Å²) in [6, 6.07) is 5.65. The Balaban J connectivity index is 2.27. The number of terminal acetylenes is 1. The lowest BCUT2D eigenvalue weighted by Crippen LogP contribution is -2.14. The molecule has 0 saturated carbocycles. The van der Waals surface area contributed by atoms with Crippen molar-refractivity contribution in [2.24, 2.45) is 0 Å². The minimum absolute atomic E-state index is 0.318. The van der Waals surface area contributed by atoms with Gasteiger partial charge in [-0.05, 0) is 41.4 Å². The normalized spacial score (nSPS) is 10.0. The van der Waals surface area contributed by atoms with Crippen LogP contribution >= 0.6 is 15.9 Å². The van der Waals surface area contributed by atoms with Crippen LogP contribution in [0.25, 0.3) is 0 Å². The molecule has 2 nitrogen and oxygen atoms in total. The maximum absolute atomic E-state index is 9.72. The van der Waals surface area contributed by atoms with Crippen molar-refractivity contribution < 1.29 is 5.11 Å². The Morgan fingerprint density at radius 1 is 1.38 bits per heavy atom. The molecule has 0 aliphatic heterocycles. The fourth-order valence-corrected chi connectivity index (χ4v) is 1.81. The van der Waals surface area contributed by atoms with Gasteiger partial charge in [0.05, 0.1) is 4.47 Å². The van der Waals surface area contributed by atoms with Crippen molar-refractivity contribution in [1.29, 1.82) is 0 Å². The number of hydrogen-bond acceptors (Lipinski definition) is 2. The maximum Gasteiger partial charge on any atom is 0.134 e. The Hall–Kier alpha value is -0.980. The number of phenolic OH excluding ortho intramolecular Hbond substituents is 1. The molecule has 0 spiro atoms. The largest absolute Gasteiger partial charge is 0.506 e. The third-order valence-corrected chi connectivity index (χ3v) is 2.95. The molecule has 0 aliphatic rings. The summed E-state index contributed by atoms with van der Waals surface area (Å²) >= 11 is 3.29. The van der Waals surface area contributed by atoms with E-state index in [9.17, 15) is 5.11 Å². The summed E-state index contributed by atoms with van der Waals surface area (Å²) in [5.41, 5.74) is 0.909. The van der Waals surface area contributed by atoms with E-state index in [1.807, 2.05) is 18.2 Å². The zero-order chi connectivity index (χ0) is 11.8.